The van der Waals surface area contributed by atoms with Crippen LogP contribution in [0.15, 0.2) is 29.2 Å². The van der Waals surface area contributed by atoms with Gasteiger partial charge in [-0.1, -0.05) is 6.07 Å². The van der Waals surface area contributed by atoms with Gasteiger partial charge in [-0.3, -0.25) is 0 Å². The molecule has 1 heterocycles. The van der Waals surface area contributed by atoms with Crippen molar-refractivity contribution in [2.75, 3.05) is 19.6 Å². The number of sulfonamides is 1. The van der Waals surface area contributed by atoms with E-state index in [0.29, 0.717) is 12.6 Å². The lowest BCUT2D eigenvalue weighted by atomic mass is 10.0. The molecule has 1 fully saturated rings. The number of hydrogen-bond donors (Lipinski definition) is 2. The Hall–Kier alpha value is -0.830. The summed E-state index contributed by atoms with van der Waals surface area (Å²) in [6.45, 7) is 1.85. The van der Waals surface area contributed by atoms with E-state index in [9.17, 15) is 21.6 Å². The maximum absolute atomic E-state index is 12.6. The lowest BCUT2D eigenvalue weighted by Gasteiger charge is -2.22. The second-order valence-corrected chi connectivity index (χ2v) is 6.86. The van der Waals surface area contributed by atoms with Gasteiger partial charge in [0.1, 0.15) is 0 Å². The summed E-state index contributed by atoms with van der Waals surface area (Å²) in [5.41, 5.74) is -0.968. The predicted octanol–water partition coefficient (Wildman–Crippen LogP) is 2.41. The van der Waals surface area contributed by atoms with Crippen LogP contribution in [0.4, 0.5) is 13.2 Å². The highest BCUT2D eigenvalue weighted by molar-refractivity contribution is 7.89. The van der Waals surface area contributed by atoms with Crippen LogP contribution in [-0.2, 0) is 16.2 Å². The fraction of sp³-hybridized carbons (Fsp3) is 0.538. The van der Waals surface area contributed by atoms with E-state index < -0.39 is 21.8 Å². The summed E-state index contributed by atoms with van der Waals surface area (Å²) >= 11 is 0. The topological polar surface area (TPSA) is 58.2 Å². The van der Waals surface area contributed by atoms with Gasteiger partial charge in [-0.15, -0.1) is 12.4 Å². The van der Waals surface area contributed by atoms with Gasteiger partial charge in [-0.25, -0.2) is 13.1 Å². The molecular formula is C13H18ClF3N2O2S. The molecule has 2 N–H and O–H groups in total. The van der Waals surface area contributed by atoms with Gasteiger partial charge < -0.3 is 5.32 Å². The minimum absolute atomic E-state index is 0. The lowest BCUT2D eigenvalue weighted by molar-refractivity contribution is -0.137. The molecule has 126 valence electrons. The van der Waals surface area contributed by atoms with E-state index in [1.165, 1.54) is 0 Å². The summed E-state index contributed by atoms with van der Waals surface area (Å²) in [6, 6.07) is 3.77. The molecule has 0 spiro atoms. The zero-order valence-corrected chi connectivity index (χ0v) is 13.3. The molecule has 2 rings (SSSR count). The van der Waals surface area contributed by atoms with Crippen molar-refractivity contribution in [3.05, 3.63) is 29.8 Å². The number of rotatable bonds is 4. The van der Waals surface area contributed by atoms with Crippen molar-refractivity contribution in [3.63, 3.8) is 0 Å². The maximum atomic E-state index is 12.6. The molecule has 1 atom stereocenters. The minimum Gasteiger partial charge on any atom is -0.316 e. The monoisotopic (exact) mass is 358 g/mol. The van der Waals surface area contributed by atoms with E-state index >= 15 is 0 Å². The van der Waals surface area contributed by atoms with Crippen LogP contribution in [0.1, 0.15) is 18.4 Å². The average molecular weight is 359 g/mol. The first-order chi connectivity index (χ1) is 9.79. The van der Waals surface area contributed by atoms with E-state index in [0.717, 1.165) is 37.6 Å². The Morgan fingerprint density at radius 2 is 2.05 bits per heavy atom. The highest BCUT2D eigenvalue weighted by Gasteiger charge is 2.31. The fourth-order valence-corrected chi connectivity index (χ4v) is 3.41. The van der Waals surface area contributed by atoms with Gasteiger partial charge in [0.15, 0.2) is 0 Å². The highest BCUT2D eigenvalue weighted by Crippen LogP contribution is 2.30. The molecule has 0 bridgehead atoms. The van der Waals surface area contributed by atoms with Crippen molar-refractivity contribution < 1.29 is 21.6 Å². The predicted molar refractivity (Wildman–Crippen MR) is 79.5 cm³/mol. The van der Waals surface area contributed by atoms with Crippen molar-refractivity contribution in [1.82, 2.24) is 10.0 Å². The molecule has 0 amide bonds. The van der Waals surface area contributed by atoms with E-state index in [-0.39, 0.29) is 29.8 Å². The van der Waals surface area contributed by atoms with Crippen LogP contribution in [0.5, 0.6) is 0 Å². The van der Waals surface area contributed by atoms with Crippen LogP contribution < -0.4 is 10.0 Å². The van der Waals surface area contributed by atoms with Crippen molar-refractivity contribution in [2.24, 2.45) is 5.92 Å². The smallest absolute Gasteiger partial charge is 0.316 e. The number of alkyl halides is 3. The third kappa shape index (κ3) is 5.12. The van der Waals surface area contributed by atoms with Crippen molar-refractivity contribution in [3.8, 4) is 0 Å². The molecule has 4 nitrogen and oxygen atoms in total. The standard InChI is InChI=1S/C13H17F3N2O2S.ClH/c14-13(15,16)11-4-1-5-12(7-11)21(19,20)18-9-10-3-2-6-17-8-10;/h1,4-5,7,10,17-18H,2-3,6,8-9H2;1H. The summed E-state index contributed by atoms with van der Waals surface area (Å²) < 4.78 is 64.3. The molecule has 9 heteroatoms. The molecule has 0 aromatic heterocycles. The van der Waals surface area contributed by atoms with Crippen LogP contribution in [0.2, 0.25) is 0 Å². The Morgan fingerprint density at radius 1 is 1.32 bits per heavy atom. The van der Waals surface area contributed by atoms with Gasteiger partial charge in [0.05, 0.1) is 10.5 Å². The number of hydrogen-bond acceptors (Lipinski definition) is 3. The van der Waals surface area contributed by atoms with Crippen LogP contribution in [0.3, 0.4) is 0 Å². The normalized spacial score (nSPS) is 19.5. The van der Waals surface area contributed by atoms with E-state index in [4.69, 9.17) is 0 Å². The first kappa shape index (κ1) is 19.2. The van der Waals surface area contributed by atoms with Crippen LogP contribution in [-0.4, -0.2) is 28.1 Å². The van der Waals surface area contributed by atoms with E-state index in [2.05, 4.69) is 10.0 Å². The first-order valence-corrected chi connectivity index (χ1v) is 8.15. The zero-order valence-electron chi connectivity index (χ0n) is 11.7. The SMILES string of the molecule is Cl.O=S(=O)(NCC1CCCNC1)c1cccc(C(F)(F)F)c1. The Balaban J connectivity index is 0.00000242. The van der Waals surface area contributed by atoms with Crippen LogP contribution >= 0.6 is 12.4 Å². The molecule has 1 aliphatic rings. The van der Waals surface area contributed by atoms with Crippen LogP contribution in [0, 0.1) is 5.92 Å². The molecule has 0 aliphatic carbocycles. The molecule has 0 saturated carbocycles. The number of halogens is 4. The molecule has 1 aromatic carbocycles. The fourth-order valence-electron chi connectivity index (χ4n) is 2.25. The Bertz CT molecular complexity index is 587. The maximum Gasteiger partial charge on any atom is 0.416 e. The second-order valence-electron chi connectivity index (χ2n) is 5.09. The molecule has 1 saturated heterocycles. The average Bonchev–Trinajstić information content (AvgIpc) is 2.46. The Kier molecular flexibility index (Phi) is 6.66. The second kappa shape index (κ2) is 7.63. The third-order valence-corrected chi connectivity index (χ3v) is 4.85. The summed E-state index contributed by atoms with van der Waals surface area (Å²) in [6.07, 6.45) is -2.69. The van der Waals surface area contributed by atoms with Gasteiger partial charge in [0.25, 0.3) is 0 Å². The molecule has 0 radical (unpaired) electrons. The summed E-state index contributed by atoms with van der Waals surface area (Å²) in [7, 11) is -3.92. The molecule has 1 aliphatic heterocycles. The van der Waals surface area contributed by atoms with E-state index in [1.54, 1.807) is 0 Å². The first-order valence-electron chi connectivity index (χ1n) is 6.67. The molecular weight excluding hydrogens is 341 g/mol. The van der Waals surface area contributed by atoms with Gasteiger partial charge in [-0.2, -0.15) is 13.2 Å². The Labute approximate surface area is 133 Å². The largest absolute Gasteiger partial charge is 0.416 e. The number of piperidine rings is 1. The number of nitrogens with one attached hydrogen (secondary N) is 2. The Morgan fingerprint density at radius 3 is 2.64 bits per heavy atom. The summed E-state index contributed by atoms with van der Waals surface area (Å²) in [4.78, 5) is -0.360. The summed E-state index contributed by atoms with van der Waals surface area (Å²) in [5, 5.41) is 3.16. The van der Waals surface area contributed by atoms with Gasteiger partial charge in [-0.05, 0) is 50.0 Å². The zero-order chi connectivity index (χ0) is 15.5. The molecule has 1 unspecified atom stereocenters. The van der Waals surface area contributed by atoms with Crippen molar-refractivity contribution in [1.29, 1.82) is 0 Å². The van der Waals surface area contributed by atoms with Crippen molar-refractivity contribution in [2.45, 2.75) is 23.9 Å². The third-order valence-electron chi connectivity index (χ3n) is 3.43. The van der Waals surface area contributed by atoms with Gasteiger partial charge in [0, 0.05) is 6.54 Å². The van der Waals surface area contributed by atoms with Crippen molar-refractivity contribution >= 4 is 22.4 Å². The van der Waals surface area contributed by atoms with Gasteiger partial charge >= 0.3 is 6.18 Å². The van der Waals surface area contributed by atoms with Crippen LogP contribution in [0.25, 0.3) is 0 Å². The number of benzene rings is 1. The molecule has 22 heavy (non-hydrogen) atoms. The van der Waals surface area contributed by atoms with E-state index in [1.807, 2.05) is 0 Å². The van der Waals surface area contributed by atoms with Gasteiger partial charge in [0.2, 0.25) is 10.0 Å². The highest BCUT2D eigenvalue weighted by atomic mass is 35.5. The quantitative estimate of drug-likeness (QED) is 0.869. The minimum atomic E-state index is -4.56. The lowest BCUT2D eigenvalue weighted by Crippen LogP contribution is -2.38. The summed E-state index contributed by atoms with van der Waals surface area (Å²) in [5.74, 6) is 0.166. The molecule has 1 aromatic rings.